The van der Waals surface area contributed by atoms with E-state index in [1.807, 2.05) is 0 Å². The highest BCUT2D eigenvalue weighted by molar-refractivity contribution is 7.07. The van der Waals surface area contributed by atoms with Gasteiger partial charge in [0.15, 0.2) is 0 Å². The van der Waals surface area contributed by atoms with Gasteiger partial charge in [-0.15, -0.1) is 11.3 Å². The van der Waals surface area contributed by atoms with E-state index in [1.165, 1.54) is 11.3 Å². The number of carboxylic acids is 1. The minimum absolute atomic E-state index is 0.167. The molecule has 0 fully saturated rings. The van der Waals surface area contributed by atoms with Crippen LogP contribution in [0, 0.1) is 0 Å². The van der Waals surface area contributed by atoms with Crippen molar-refractivity contribution >= 4 is 23.2 Å². The van der Waals surface area contributed by atoms with Gasteiger partial charge in [-0.1, -0.05) is 6.42 Å². The van der Waals surface area contributed by atoms with Crippen LogP contribution in [-0.2, 0) is 4.79 Å². The lowest BCUT2D eigenvalue weighted by Gasteiger charge is -2.02. The van der Waals surface area contributed by atoms with Crippen molar-refractivity contribution in [3.63, 3.8) is 0 Å². The summed E-state index contributed by atoms with van der Waals surface area (Å²) in [5.41, 5.74) is 2.05. The third-order valence-corrected chi connectivity index (χ3v) is 2.60. The Bertz CT molecular complexity index is 338. The number of aliphatic carboxylic acids is 1. The molecule has 1 heterocycles. The van der Waals surface area contributed by atoms with Gasteiger partial charge in [0.05, 0.1) is 5.51 Å². The first-order valence-electron chi connectivity index (χ1n) is 5.08. The lowest BCUT2D eigenvalue weighted by molar-refractivity contribution is -0.137. The Morgan fingerprint density at radius 1 is 1.38 bits per heavy atom. The Kier molecular flexibility index (Phi) is 5.49. The Hall–Kier alpha value is -1.43. The van der Waals surface area contributed by atoms with Crippen molar-refractivity contribution in [3.8, 4) is 0 Å². The summed E-state index contributed by atoms with van der Waals surface area (Å²) in [6.07, 6.45) is 2.45. The minimum Gasteiger partial charge on any atom is -0.481 e. The second-order valence-corrected chi connectivity index (χ2v) is 4.05. The van der Waals surface area contributed by atoms with Gasteiger partial charge in [0, 0.05) is 18.3 Å². The average Bonchev–Trinajstić information content (AvgIpc) is 2.75. The lowest BCUT2D eigenvalue weighted by atomic mass is 10.2. The molecule has 0 atom stereocenters. The average molecular weight is 242 g/mol. The standard InChI is InChI=1S/C10H14N2O3S/c13-9(14)4-2-1-3-5-11-10(15)8-6-16-7-12-8/h6-7H,1-5H2,(H,11,15)(H,13,14). The summed E-state index contributed by atoms with van der Waals surface area (Å²) in [5, 5.41) is 12.8. The lowest BCUT2D eigenvalue weighted by Crippen LogP contribution is -2.24. The molecule has 1 rings (SSSR count). The first-order valence-corrected chi connectivity index (χ1v) is 6.02. The number of unbranched alkanes of at least 4 members (excludes halogenated alkanes) is 2. The monoisotopic (exact) mass is 242 g/mol. The number of aromatic nitrogens is 1. The van der Waals surface area contributed by atoms with Crippen molar-refractivity contribution < 1.29 is 14.7 Å². The van der Waals surface area contributed by atoms with Gasteiger partial charge >= 0.3 is 5.97 Å². The zero-order valence-electron chi connectivity index (χ0n) is 8.81. The van der Waals surface area contributed by atoms with Crippen LogP contribution in [0.25, 0.3) is 0 Å². The van der Waals surface area contributed by atoms with E-state index >= 15 is 0 Å². The maximum absolute atomic E-state index is 11.4. The fourth-order valence-electron chi connectivity index (χ4n) is 1.20. The molecule has 0 radical (unpaired) electrons. The third kappa shape index (κ3) is 4.88. The molecule has 1 aromatic heterocycles. The molecule has 0 bridgehead atoms. The summed E-state index contributed by atoms with van der Waals surface area (Å²) in [7, 11) is 0. The molecule has 0 saturated heterocycles. The van der Waals surface area contributed by atoms with E-state index < -0.39 is 5.97 Å². The van der Waals surface area contributed by atoms with E-state index in [-0.39, 0.29) is 12.3 Å². The number of hydrogen-bond donors (Lipinski definition) is 2. The molecule has 0 unspecified atom stereocenters. The smallest absolute Gasteiger partial charge is 0.303 e. The third-order valence-electron chi connectivity index (χ3n) is 2.02. The van der Waals surface area contributed by atoms with Crippen molar-refractivity contribution in [2.24, 2.45) is 0 Å². The predicted molar refractivity (Wildman–Crippen MR) is 60.6 cm³/mol. The summed E-state index contributed by atoms with van der Waals surface area (Å²) in [6, 6.07) is 0. The van der Waals surface area contributed by atoms with Crippen molar-refractivity contribution in [1.29, 1.82) is 0 Å². The van der Waals surface area contributed by atoms with E-state index in [4.69, 9.17) is 5.11 Å². The number of carbonyl (C=O) groups excluding carboxylic acids is 1. The Balaban J connectivity index is 2.03. The highest BCUT2D eigenvalue weighted by atomic mass is 32.1. The predicted octanol–water partition coefficient (Wildman–Crippen LogP) is 1.52. The maximum atomic E-state index is 11.4. The molecule has 6 heteroatoms. The summed E-state index contributed by atoms with van der Waals surface area (Å²) in [4.78, 5) is 25.5. The molecule has 0 aliphatic heterocycles. The van der Waals surface area contributed by atoms with Crippen LogP contribution in [0.1, 0.15) is 36.2 Å². The zero-order chi connectivity index (χ0) is 11.8. The van der Waals surface area contributed by atoms with Crippen molar-refractivity contribution in [2.45, 2.75) is 25.7 Å². The van der Waals surface area contributed by atoms with Crippen molar-refractivity contribution in [2.75, 3.05) is 6.54 Å². The maximum Gasteiger partial charge on any atom is 0.303 e. The fraction of sp³-hybridized carbons (Fsp3) is 0.500. The van der Waals surface area contributed by atoms with Gasteiger partial charge in [-0.2, -0.15) is 0 Å². The summed E-state index contributed by atoms with van der Waals surface area (Å²) < 4.78 is 0. The Morgan fingerprint density at radius 2 is 2.19 bits per heavy atom. The molecule has 16 heavy (non-hydrogen) atoms. The largest absolute Gasteiger partial charge is 0.481 e. The number of carboxylic acid groups (broad SMARTS) is 1. The van der Waals surface area contributed by atoms with E-state index in [2.05, 4.69) is 10.3 Å². The van der Waals surface area contributed by atoms with Crippen molar-refractivity contribution in [3.05, 3.63) is 16.6 Å². The first-order chi connectivity index (χ1) is 7.70. The molecular weight excluding hydrogens is 228 g/mol. The number of nitrogens with zero attached hydrogens (tertiary/aromatic N) is 1. The molecule has 1 amide bonds. The number of thiazole rings is 1. The van der Waals surface area contributed by atoms with Gasteiger partial charge in [0.25, 0.3) is 5.91 Å². The number of nitrogens with one attached hydrogen (secondary N) is 1. The zero-order valence-corrected chi connectivity index (χ0v) is 9.63. The van der Waals surface area contributed by atoms with Gasteiger partial charge in [0.2, 0.25) is 0 Å². The Morgan fingerprint density at radius 3 is 2.81 bits per heavy atom. The summed E-state index contributed by atoms with van der Waals surface area (Å²) in [6.45, 7) is 0.565. The minimum atomic E-state index is -0.772. The van der Waals surface area contributed by atoms with Crippen LogP contribution in [0.3, 0.4) is 0 Å². The number of amides is 1. The fourth-order valence-corrected chi connectivity index (χ4v) is 1.73. The van der Waals surface area contributed by atoms with Crippen LogP contribution >= 0.6 is 11.3 Å². The van der Waals surface area contributed by atoms with E-state index in [9.17, 15) is 9.59 Å². The molecule has 2 N–H and O–H groups in total. The first kappa shape index (κ1) is 12.6. The van der Waals surface area contributed by atoms with E-state index in [1.54, 1.807) is 10.9 Å². The van der Waals surface area contributed by atoms with Crippen LogP contribution in [0.4, 0.5) is 0 Å². The molecule has 5 nitrogen and oxygen atoms in total. The summed E-state index contributed by atoms with van der Waals surface area (Å²) >= 11 is 1.38. The molecule has 88 valence electrons. The second kappa shape index (κ2) is 6.95. The molecule has 0 aliphatic rings. The number of rotatable bonds is 7. The van der Waals surface area contributed by atoms with Gasteiger partial charge in [-0.25, -0.2) is 4.98 Å². The van der Waals surface area contributed by atoms with Crippen LogP contribution in [0.2, 0.25) is 0 Å². The summed E-state index contributed by atoms with van der Waals surface area (Å²) in [5.74, 6) is -0.939. The topological polar surface area (TPSA) is 79.3 Å². The number of hydrogen-bond acceptors (Lipinski definition) is 4. The van der Waals surface area contributed by atoms with E-state index in [0.717, 1.165) is 12.8 Å². The molecule has 0 saturated carbocycles. The molecule has 1 aromatic rings. The van der Waals surface area contributed by atoms with Gasteiger partial charge < -0.3 is 10.4 Å². The van der Waals surface area contributed by atoms with Crippen LogP contribution < -0.4 is 5.32 Å². The van der Waals surface area contributed by atoms with Crippen LogP contribution in [0.5, 0.6) is 0 Å². The second-order valence-electron chi connectivity index (χ2n) is 3.33. The Labute approximate surface area is 97.5 Å². The van der Waals surface area contributed by atoms with Crippen LogP contribution in [0.15, 0.2) is 10.9 Å². The highest BCUT2D eigenvalue weighted by Gasteiger charge is 2.05. The van der Waals surface area contributed by atoms with Gasteiger partial charge in [-0.05, 0) is 12.8 Å². The quantitative estimate of drug-likeness (QED) is 0.710. The SMILES string of the molecule is O=C(O)CCCCCNC(=O)c1cscn1. The molecular formula is C10H14N2O3S. The normalized spacial score (nSPS) is 10.0. The van der Waals surface area contributed by atoms with Gasteiger partial charge in [0.1, 0.15) is 5.69 Å². The molecule has 0 spiro atoms. The van der Waals surface area contributed by atoms with E-state index in [0.29, 0.717) is 18.7 Å². The molecule has 0 aromatic carbocycles. The van der Waals surface area contributed by atoms with Crippen molar-refractivity contribution in [1.82, 2.24) is 10.3 Å². The number of carbonyl (C=O) groups is 2. The molecule has 0 aliphatic carbocycles. The van der Waals surface area contributed by atoms with Gasteiger partial charge in [-0.3, -0.25) is 9.59 Å². The van der Waals surface area contributed by atoms with Crippen LogP contribution in [-0.4, -0.2) is 28.5 Å². The highest BCUT2D eigenvalue weighted by Crippen LogP contribution is 2.01.